The third kappa shape index (κ3) is 1.83. The van der Waals surface area contributed by atoms with Crippen molar-refractivity contribution in [3.63, 3.8) is 0 Å². The maximum Gasteiger partial charge on any atom is 0.227 e. The Balaban J connectivity index is 2.81. The smallest absolute Gasteiger partial charge is 0.227 e. The van der Waals surface area contributed by atoms with E-state index in [9.17, 15) is 0 Å². The number of hydrogen-bond donors (Lipinski definition) is 1. The lowest BCUT2D eigenvalue weighted by molar-refractivity contribution is 0.797. The standard InChI is InChI=1S/C13H12N4/c1-9-12(8-14)10(2)17(13(15)16-9)11-6-4-3-5-7-11/h3-7,15H,1-2H3. The van der Waals surface area contributed by atoms with Crippen LogP contribution in [0.4, 0.5) is 0 Å². The van der Waals surface area contributed by atoms with E-state index in [1.807, 2.05) is 37.3 Å². The Bertz CT molecular complexity index is 648. The van der Waals surface area contributed by atoms with Crippen LogP contribution in [0, 0.1) is 30.6 Å². The Morgan fingerprint density at radius 2 is 1.88 bits per heavy atom. The van der Waals surface area contributed by atoms with Crippen LogP contribution in [-0.2, 0) is 0 Å². The fourth-order valence-corrected chi connectivity index (χ4v) is 1.85. The fraction of sp³-hybridized carbons (Fsp3) is 0.154. The molecular weight excluding hydrogens is 212 g/mol. The van der Waals surface area contributed by atoms with Crippen molar-refractivity contribution in [1.82, 2.24) is 9.55 Å². The van der Waals surface area contributed by atoms with E-state index in [1.165, 1.54) is 0 Å². The zero-order valence-electron chi connectivity index (χ0n) is 9.73. The van der Waals surface area contributed by atoms with E-state index in [0.29, 0.717) is 11.3 Å². The second-order valence-corrected chi connectivity index (χ2v) is 3.76. The SMILES string of the molecule is Cc1nc(=N)n(-c2ccccc2)c(C)c1C#N. The number of benzene rings is 1. The maximum absolute atomic E-state index is 9.10. The molecule has 0 saturated heterocycles. The van der Waals surface area contributed by atoms with Crippen molar-refractivity contribution in [3.05, 3.63) is 52.9 Å². The van der Waals surface area contributed by atoms with Crippen LogP contribution in [0.1, 0.15) is 17.0 Å². The van der Waals surface area contributed by atoms with Crippen LogP contribution < -0.4 is 5.62 Å². The number of para-hydroxylation sites is 1. The predicted molar refractivity (Wildman–Crippen MR) is 63.6 cm³/mol. The molecule has 0 unspecified atom stereocenters. The quantitative estimate of drug-likeness (QED) is 0.803. The highest BCUT2D eigenvalue weighted by atomic mass is 15.1. The molecule has 1 aromatic heterocycles. The number of aryl methyl sites for hydroxylation is 1. The van der Waals surface area contributed by atoms with Crippen molar-refractivity contribution in [1.29, 1.82) is 10.7 Å². The van der Waals surface area contributed by atoms with Gasteiger partial charge in [0.05, 0.1) is 11.3 Å². The zero-order valence-corrected chi connectivity index (χ0v) is 9.73. The number of rotatable bonds is 1. The molecule has 2 rings (SSSR count). The lowest BCUT2D eigenvalue weighted by Gasteiger charge is -2.12. The molecule has 2 aromatic rings. The molecule has 4 nitrogen and oxygen atoms in total. The molecule has 0 aliphatic heterocycles. The van der Waals surface area contributed by atoms with E-state index in [2.05, 4.69) is 11.1 Å². The Labute approximate surface area is 99.3 Å². The summed E-state index contributed by atoms with van der Waals surface area (Å²) in [4.78, 5) is 4.09. The molecule has 4 heteroatoms. The first-order valence-electron chi connectivity index (χ1n) is 5.25. The van der Waals surface area contributed by atoms with E-state index in [1.54, 1.807) is 11.5 Å². The fourth-order valence-electron chi connectivity index (χ4n) is 1.85. The number of hydrogen-bond acceptors (Lipinski definition) is 3. The lowest BCUT2D eigenvalue weighted by Crippen LogP contribution is -2.26. The molecule has 0 fully saturated rings. The van der Waals surface area contributed by atoms with E-state index < -0.39 is 0 Å². The highest BCUT2D eigenvalue weighted by Gasteiger charge is 2.10. The summed E-state index contributed by atoms with van der Waals surface area (Å²) in [5.74, 6) is 0. The molecule has 84 valence electrons. The van der Waals surface area contributed by atoms with Crippen molar-refractivity contribution in [2.75, 3.05) is 0 Å². The summed E-state index contributed by atoms with van der Waals surface area (Å²) in [7, 11) is 0. The van der Waals surface area contributed by atoms with Gasteiger partial charge in [-0.2, -0.15) is 5.26 Å². The first-order valence-corrected chi connectivity index (χ1v) is 5.25. The van der Waals surface area contributed by atoms with Gasteiger partial charge in [-0.15, -0.1) is 0 Å². The largest absolute Gasteiger partial charge is 0.282 e. The number of nitrogens with one attached hydrogen (secondary N) is 1. The predicted octanol–water partition coefficient (Wildman–Crippen LogP) is 1.84. The maximum atomic E-state index is 9.10. The first-order chi connectivity index (χ1) is 8.15. The minimum absolute atomic E-state index is 0.144. The highest BCUT2D eigenvalue weighted by molar-refractivity contribution is 5.41. The van der Waals surface area contributed by atoms with E-state index in [-0.39, 0.29) is 5.62 Å². The van der Waals surface area contributed by atoms with Gasteiger partial charge in [0.1, 0.15) is 6.07 Å². The van der Waals surface area contributed by atoms with Crippen molar-refractivity contribution >= 4 is 0 Å². The van der Waals surface area contributed by atoms with Gasteiger partial charge in [-0.1, -0.05) is 18.2 Å². The molecule has 0 aliphatic carbocycles. The van der Waals surface area contributed by atoms with Crippen LogP contribution in [-0.4, -0.2) is 9.55 Å². The normalized spacial score (nSPS) is 9.94. The monoisotopic (exact) mass is 224 g/mol. The Hall–Kier alpha value is -2.41. The van der Waals surface area contributed by atoms with Gasteiger partial charge in [0.15, 0.2) is 0 Å². The molecule has 1 aromatic carbocycles. The number of aromatic nitrogens is 2. The van der Waals surface area contributed by atoms with Crippen LogP contribution in [0.3, 0.4) is 0 Å². The van der Waals surface area contributed by atoms with Crippen molar-refractivity contribution < 1.29 is 0 Å². The average molecular weight is 224 g/mol. The van der Waals surface area contributed by atoms with Gasteiger partial charge >= 0.3 is 0 Å². The summed E-state index contributed by atoms with van der Waals surface area (Å²) in [6, 6.07) is 11.6. The van der Waals surface area contributed by atoms with Gasteiger partial charge in [-0.25, -0.2) is 4.98 Å². The average Bonchev–Trinajstić information content (AvgIpc) is 2.30. The third-order valence-electron chi connectivity index (χ3n) is 2.67. The number of nitriles is 1. The highest BCUT2D eigenvalue weighted by Crippen LogP contribution is 2.12. The van der Waals surface area contributed by atoms with Gasteiger partial charge in [0.2, 0.25) is 5.62 Å². The van der Waals surface area contributed by atoms with Gasteiger partial charge in [0, 0.05) is 11.4 Å². The summed E-state index contributed by atoms with van der Waals surface area (Å²) in [5.41, 5.74) is 2.87. The molecule has 1 N–H and O–H groups in total. The second kappa shape index (κ2) is 4.22. The molecule has 1 heterocycles. The second-order valence-electron chi connectivity index (χ2n) is 3.76. The summed E-state index contributed by atoms with van der Waals surface area (Å²) >= 11 is 0. The molecule has 0 bridgehead atoms. The Kier molecular flexibility index (Phi) is 2.75. The van der Waals surface area contributed by atoms with Crippen molar-refractivity contribution in [3.8, 4) is 11.8 Å². The van der Waals surface area contributed by atoms with Gasteiger partial charge < -0.3 is 0 Å². The molecule has 0 radical (unpaired) electrons. The van der Waals surface area contributed by atoms with Crippen LogP contribution in [0.25, 0.3) is 5.69 Å². The summed E-state index contributed by atoms with van der Waals surface area (Å²) in [5, 5.41) is 17.0. The van der Waals surface area contributed by atoms with Crippen LogP contribution in [0.5, 0.6) is 0 Å². The van der Waals surface area contributed by atoms with E-state index in [4.69, 9.17) is 10.7 Å². The summed E-state index contributed by atoms with van der Waals surface area (Å²) in [6.07, 6.45) is 0. The summed E-state index contributed by atoms with van der Waals surface area (Å²) in [6.45, 7) is 3.58. The van der Waals surface area contributed by atoms with Crippen LogP contribution >= 0.6 is 0 Å². The summed E-state index contributed by atoms with van der Waals surface area (Å²) < 4.78 is 1.67. The van der Waals surface area contributed by atoms with Gasteiger partial charge in [-0.3, -0.25) is 9.98 Å². The third-order valence-corrected chi connectivity index (χ3v) is 2.67. The molecule has 0 saturated carbocycles. The van der Waals surface area contributed by atoms with Gasteiger partial charge in [0.25, 0.3) is 0 Å². The molecular formula is C13H12N4. The first kappa shape index (κ1) is 11.1. The van der Waals surface area contributed by atoms with E-state index >= 15 is 0 Å². The van der Waals surface area contributed by atoms with Crippen molar-refractivity contribution in [2.24, 2.45) is 0 Å². The van der Waals surface area contributed by atoms with Crippen LogP contribution in [0.15, 0.2) is 30.3 Å². The van der Waals surface area contributed by atoms with E-state index in [0.717, 1.165) is 11.4 Å². The Morgan fingerprint density at radius 3 is 2.47 bits per heavy atom. The van der Waals surface area contributed by atoms with Crippen molar-refractivity contribution in [2.45, 2.75) is 13.8 Å². The molecule has 0 amide bonds. The molecule has 0 aliphatic rings. The molecule has 0 spiro atoms. The van der Waals surface area contributed by atoms with Crippen LogP contribution in [0.2, 0.25) is 0 Å². The minimum atomic E-state index is 0.144. The molecule has 17 heavy (non-hydrogen) atoms. The van der Waals surface area contributed by atoms with Gasteiger partial charge in [-0.05, 0) is 26.0 Å². The minimum Gasteiger partial charge on any atom is -0.282 e. The molecule has 0 atom stereocenters. The zero-order chi connectivity index (χ0) is 12.4. The topological polar surface area (TPSA) is 65.5 Å². The lowest BCUT2D eigenvalue weighted by atomic mass is 10.2. The number of nitrogens with zero attached hydrogens (tertiary/aromatic N) is 3. The Morgan fingerprint density at radius 1 is 1.24 bits per heavy atom.